The normalized spacial score (nSPS) is 21.6. The van der Waals surface area contributed by atoms with Gasteiger partial charge in [-0.15, -0.1) is 11.3 Å². The van der Waals surface area contributed by atoms with Gasteiger partial charge in [-0.2, -0.15) is 0 Å². The summed E-state index contributed by atoms with van der Waals surface area (Å²) in [5.41, 5.74) is 3.90. The number of rotatable bonds is 6. The molecule has 2 aliphatic rings. The van der Waals surface area contributed by atoms with Crippen molar-refractivity contribution in [2.24, 2.45) is 4.99 Å². The van der Waals surface area contributed by atoms with Gasteiger partial charge >= 0.3 is 0 Å². The fourth-order valence-corrected chi connectivity index (χ4v) is 5.87. The Balaban J connectivity index is 1.17. The molecule has 0 radical (unpaired) electrons. The van der Waals surface area contributed by atoms with Crippen LogP contribution < -0.4 is 10.6 Å². The zero-order chi connectivity index (χ0) is 22.8. The molecule has 1 aromatic heterocycles. The first-order chi connectivity index (χ1) is 16.0. The summed E-state index contributed by atoms with van der Waals surface area (Å²) in [6.45, 7) is 3.39. The Kier molecular flexibility index (Phi) is 6.43. The first kappa shape index (κ1) is 22.1. The van der Waals surface area contributed by atoms with Gasteiger partial charge in [0.1, 0.15) is 10.3 Å². The Bertz CT molecular complexity index is 1220. The van der Waals surface area contributed by atoms with E-state index in [-0.39, 0.29) is 24.3 Å². The third-order valence-corrected chi connectivity index (χ3v) is 7.76. The van der Waals surface area contributed by atoms with E-state index < -0.39 is 5.25 Å². The number of aromatic nitrogens is 1. The Morgan fingerprint density at radius 1 is 1.27 bits per heavy atom. The van der Waals surface area contributed by atoms with Crippen LogP contribution in [0.25, 0.3) is 20.8 Å². The molecule has 33 heavy (non-hydrogen) atoms. The Morgan fingerprint density at radius 2 is 2.12 bits per heavy atom. The summed E-state index contributed by atoms with van der Waals surface area (Å²) in [6, 6.07) is 13.9. The number of thiazole rings is 1. The van der Waals surface area contributed by atoms with E-state index in [1.165, 1.54) is 17.3 Å². The van der Waals surface area contributed by atoms with Gasteiger partial charge in [-0.1, -0.05) is 17.8 Å². The second-order valence-corrected chi connectivity index (χ2v) is 10.4. The van der Waals surface area contributed by atoms with Crippen molar-refractivity contribution in [1.82, 2.24) is 10.3 Å². The highest BCUT2D eigenvalue weighted by molar-refractivity contribution is 8.15. The van der Waals surface area contributed by atoms with Gasteiger partial charge in [0, 0.05) is 24.3 Å². The number of carbonyl (C=O) groups is 2. The van der Waals surface area contributed by atoms with Crippen molar-refractivity contribution in [2.75, 3.05) is 18.5 Å². The van der Waals surface area contributed by atoms with Crippen LogP contribution in [0, 0.1) is 6.92 Å². The van der Waals surface area contributed by atoms with Crippen molar-refractivity contribution < 1.29 is 14.3 Å². The minimum absolute atomic E-state index is 0.0917. The molecule has 3 aromatic rings. The number of nitrogens with zero attached hydrogens (tertiary/aromatic N) is 2. The lowest BCUT2D eigenvalue weighted by Crippen LogP contribution is -2.28. The Labute approximate surface area is 200 Å². The topological polar surface area (TPSA) is 92.7 Å². The first-order valence-electron chi connectivity index (χ1n) is 10.9. The summed E-state index contributed by atoms with van der Waals surface area (Å²) < 4.78 is 6.72. The molecule has 3 heterocycles. The lowest BCUT2D eigenvalue weighted by Gasteiger charge is -2.08. The average Bonchev–Trinajstić information content (AvgIpc) is 3.53. The van der Waals surface area contributed by atoms with E-state index in [1.807, 2.05) is 30.3 Å². The maximum absolute atomic E-state index is 12.5. The van der Waals surface area contributed by atoms with Crippen molar-refractivity contribution in [3.8, 4) is 10.6 Å². The van der Waals surface area contributed by atoms with Gasteiger partial charge in [-0.05, 0) is 61.7 Å². The molecule has 9 heteroatoms. The number of hydrogen-bond acceptors (Lipinski definition) is 7. The lowest BCUT2D eigenvalue weighted by atomic mass is 10.2. The average molecular weight is 481 g/mol. The molecule has 2 aliphatic heterocycles. The molecule has 2 amide bonds. The second-order valence-electron chi connectivity index (χ2n) is 8.20. The number of amides is 2. The Morgan fingerprint density at radius 3 is 2.91 bits per heavy atom. The van der Waals surface area contributed by atoms with Gasteiger partial charge in [0.2, 0.25) is 11.8 Å². The van der Waals surface area contributed by atoms with Gasteiger partial charge in [-0.3, -0.25) is 14.6 Å². The Hall–Kier alpha value is -2.75. The predicted molar refractivity (Wildman–Crippen MR) is 134 cm³/mol. The monoisotopic (exact) mass is 480 g/mol. The van der Waals surface area contributed by atoms with Crippen LogP contribution in [0.2, 0.25) is 0 Å². The summed E-state index contributed by atoms with van der Waals surface area (Å²) in [5.74, 6) is -0.381. The SMILES string of the molecule is Cc1ccc2nc(-c3ccc(NC(=O)CC4SC(=NCC5CCCO5)NC4=O)cc3)sc2c1. The van der Waals surface area contributed by atoms with E-state index in [2.05, 4.69) is 34.7 Å². The van der Waals surface area contributed by atoms with Crippen LogP contribution in [0.3, 0.4) is 0 Å². The highest BCUT2D eigenvalue weighted by Crippen LogP contribution is 2.31. The second kappa shape index (κ2) is 9.62. The molecule has 7 nitrogen and oxygen atoms in total. The van der Waals surface area contributed by atoms with Gasteiger partial charge in [0.15, 0.2) is 5.17 Å². The quantitative estimate of drug-likeness (QED) is 0.547. The molecule has 170 valence electrons. The molecular formula is C24H24N4O3S2. The zero-order valence-electron chi connectivity index (χ0n) is 18.2. The molecular weight excluding hydrogens is 456 g/mol. The molecule has 5 rings (SSSR count). The van der Waals surface area contributed by atoms with Crippen LogP contribution in [0.4, 0.5) is 5.69 Å². The van der Waals surface area contributed by atoms with Crippen molar-refractivity contribution in [3.05, 3.63) is 48.0 Å². The number of benzene rings is 2. The molecule has 0 spiro atoms. The zero-order valence-corrected chi connectivity index (χ0v) is 19.8. The summed E-state index contributed by atoms with van der Waals surface area (Å²) in [7, 11) is 0. The number of nitrogens with one attached hydrogen (secondary N) is 2. The number of aliphatic imine (C=N–C) groups is 1. The molecule has 2 unspecified atom stereocenters. The minimum atomic E-state index is -0.473. The van der Waals surface area contributed by atoms with Crippen LogP contribution in [-0.2, 0) is 14.3 Å². The van der Waals surface area contributed by atoms with Crippen molar-refractivity contribution in [1.29, 1.82) is 0 Å². The van der Waals surface area contributed by atoms with E-state index in [1.54, 1.807) is 11.3 Å². The number of hydrogen-bond donors (Lipinski definition) is 2. The highest BCUT2D eigenvalue weighted by Gasteiger charge is 2.32. The van der Waals surface area contributed by atoms with E-state index in [0.29, 0.717) is 17.4 Å². The minimum Gasteiger partial charge on any atom is -0.376 e. The lowest BCUT2D eigenvalue weighted by molar-refractivity contribution is -0.122. The van der Waals surface area contributed by atoms with Crippen molar-refractivity contribution in [3.63, 3.8) is 0 Å². The van der Waals surface area contributed by atoms with E-state index >= 15 is 0 Å². The molecule has 0 bridgehead atoms. The number of ether oxygens (including phenoxy) is 1. The first-order valence-corrected chi connectivity index (χ1v) is 12.6. The van der Waals surface area contributed by atoms with E-state index in [0.717, 1.165) is 40.2 Å². The maximum atomic E-state index is 12.5. The summed E-state index contributed by atoms with van der Waals surface area (Å²) in [4.78, 5) is 33.9. The van der Waals surface area contributed by atoms with E-state index in [4.69, 9.17) is 9.72 Å². The van der Waals surface area contributed by atoms with Crippen molar-refractivity contribution in [2.45, 2.75) is 37.5 Å². The van der Waals surface area contributed by atoms with Gasteiger partial charge in [0.25, 0.3) is 0 Å². The summed E-state index contributed by atoms with van der Waals surface area (Å²) >= 11 is 2.96. The molecule has 2 aromatic carbocycles. The fraction of sp³-hybridized carbons (Fsp3) is 0.333. The smallest absolute Gasteiger partial charge is 0.240 e. The number of thioether (sulfide) groups is 1. The molecule has 2 atom stereocenters. The number of amidine groups is 1. The standard InChI is InChI=1S/C24H24N4O3S2/c1-14-4-9-18-19(11-14)32-23(27-18)15-5-7-16(8-6-15)26-21(29)12-20-22(30)28-24(33-20)25-13-17-3-2-10-31-17/h4-9,11,17,20H,2-3,10,12-13H2,1H3,(H,26,29)(H,25,28,30). The van der Waals surface area contributed by atoms with Crippen LogP contribution in [0.15, 0.2) is 47.5 Å². The molecule has 0 aliphatic carbocycles. The van der Waals surface area contributed by atoms with Crippen molar-refractivity contribution >= 4 is 56.0 Å². The molecule has 0 saturated carbocycles. The van der Waals surface area contributed by atoms with E-state index in [9.17, 15) is 9.59 Å². The number of fused-ring (bicyclic) bond motifs is 1. The summed E-state index contributed by atoms with van der Waals surface area (Å²) in [6.07, 6.45) is 2.28. The van der Waals surface area contributed by atoms with Crippen LogP contribution in [0.1, 0.15) is 24.8 Å². The maximum Gasteiger partial charge on any atom is 0.240 e. The van der Waals surface area contributed by atoms with Crippen LogP contribution >= 0.6 is 23.1 Å². The third kappa shape index (κ3) is 5.26. The number of anilines is 1. The third-order valence-electron chi connectivity index (χ3n) is 5.57. The van der Waals surface area contributed by atoms with Crippen LogP contribution in [0.5, 0.6) is 0 Å². The molecule has 2 N–H and O–H groups in total. The number of aryl methyl sites for hydroxylation is 1. The summed E-state index contributed by atoms with van der Waals surface area (Å²) in [5, 5.41) is 6.70. The van der Waals surface area contributed by atoms with Gasteiger partial charge in [0.05, 0.1) is 22.9 Å². The van der Waals surface area contributed by atoms with Crippen LogP contribution in [-0.4, -0.2) is 46.5 Å². The predicted octanol–water partition coefficient (Wildman–Crippen LogP) is 4.37. The van der Waals surface area contributed by atoms with Gasteiger partial charge in [-0.25, -0.2) is 4.98 Å². The van der Waals surface area contributed by atoms with Gasteiger partial charge < -0.3 is 15.4 Å². The number of carbonyl (C=O) groups excluding carboxylic acids is 2. The highest BCUT2D eigenvalue weighted by atomic mass is 32.2. The molecule has 2 fully saturated rings. The molecule has 2 saturated heterocycles. The largest absolute Gasteiger partial charge is 0.376 e. The fourth-order valence-electron chi connectivity index (χ4n) is 3.82.